The third-order valence-electron chi connectivity index (χ3n) is 5.07. The maximum Gasteiger partial charge on any atom is 0.223 e. The second-order valence-corrected chi connectivity index (χ2v) is 6.58. The molecule has 0 bridgehead atoms. The van der Waals surface area contributed by atoms with E-state index < -0.39 is 0 Å². The number of hydrogen-bond acceptors (Lipinski definition) is 2. The van der Waals surface area contributed by atoms with E-state index in [1.807, 2.05) is 0 Å². The van der Waals surface area contributed by atoms with Gasteiger partial charge in [0.15, 0.2) is 0 Å². The summed E-state index contributed by atoms with van der Waals surface area (Å²) in [5.74, 6) is 0.528. The summed E-state index contributed by atoms with van der Waals surface area (Å²) in [4.78, 5) is 12.5. The number of nitrogens with two attached hydrogens (primary N) is 1. The first-order chi connectivity index (χ1) is 9.26. The van der Waals surface area contributed by atoms with Crippen molar-refractivity contribution in [2.45, 2.75) is 82.6 Å². The fourth-order valence-corrected chi connectivity index (χ4v) is 3.69. The Morgan fingerprint density at radius 2 is 1.47 bits per heavy atom. The fraction of sp³-hybridized carbons (Fsp3) is 0.938. The van der Waals surface area contributed by atoms with Gasteiger partial charge in [-0.15, -0.1) is 0 Å². The van der Waals surface area contributed by atoms with Crippen molar-refractivity contribution in [1.29, 1.82) is 0 Å². The SMILES string of the molecule is NCC1(NC(=O)C2CCCCCCC2)CCCCC1. The zero-order valence-corrected chi connectivity index (χ0v) is 12.3. The van der Waals surface area contributed by atoms with Crippen LogP contribution in [0.25, 0.3) is 0 Å². The number of nitrogens with one attached hydrogen (secondary N) is 1. The summed E-state index contributed by atoms with van der Waals surface area (Å²) in [6, 6.07) is 0. The van der Waals surface area contributed by atoms with Gasteiger partial charge >= 0.3 is 0 Å². The quantitative estimate of drug-likeness (QED) is 0.824. The van der Waals surface area contributed by atoms with Gasteiger partial charge in [0.1, 0.15) is 0 Å². The van der Waals surface area contributed by atoms with Gasteiger partial charge in [-0.25, -0.2) is 0 Å². The number of hydrogen-bond donors (Lipinski definition) is 2. The second kappa shape index (κ2) is 7.28. The Hall–Kier alpha value is -0.570. The van der Waals surface area contributed by atoms with Crippen molar-refractivity contribution in [3.63, 3.8) is 0 Å². The smallest absolute Gasteiger partial charge is 0.223 e. The topological polar surface area (TPSA) is 55.1 Å². The van der Waals surface area contributed by atoms with Crippen molar-refractivity contribution in [2.24, 2.45) is 11.7 Å². The van der Waals surface area contributed by atoms with Gasteiger partial charge in [0.2, 0.25) is 5.91 Å². The Kier molecular flexibility index (Phi) is 5.68. The van der Waals surface area contributed by atoms with Crippen molar-refractivity contribution in [3.05, 3.63) is 0 Å². The highest BCUT2D eigenvalue weighted by atomic mass is 16.2. The number of carbonyl (C=O) groups excluding carboxylic acids is 1. The van der Waals surface area contributed by atoms with Crippen molar-refractivity contribution < 1.29 is 4.79 Å². The molecule has 19 heavy (non-hydrogen) atoms. The molecule has 2 rings (SSSR count). The molecule has 0 unspecified atom stereocenters. The van der Waals surface area contributed by atoms with Gasteiger partial charge in [0.25, 0.3) is 0 Å². The van der Waals surface area contributed by atoms with Crippen LogP contribution in [0.15, 0.2) is 0 Å². The first kappa shape index (κ1) is 14.8. The lowest BCUT2D eigenvalue weighted by atomic mass is 9.80. The lowest BCUT2D eigenvalue weighted by molar-refractivity contribution is -0.128. The van der Waals surface area contributed by atoms with Crippen molar-refractivity contribution in [2.75, 3.05) is 6.54 Å². The van der Waals surface area contributed by atoms with E-state index in [0.29, 0.717) is 6.54 Å². The fourth-order valence-electron chi connectivity index (χ4n) is 3.69. The van der Waals surface area contributed by atoms with Crippen LogP contribution >= 0.6 is 0 Å². The van der Waals surface area contributed by atoms with Gasteiger partial charge in [-0.2, -0.15) is 0 Å². The number of carbonyl (C=O) groups is 1. The van der Waals surface area contributed by atoms with Gasteiger partial charge in [-0.3, -0.25) is 4.79 Å². The van der Waals surface area contributed by atoms with E-state index in [0.717, 1.165) is 25.7 Å². The molecule has 0 atom stereocenters. The molecule has 0 aromatic carbocycles. The standard InChI is InChI=1S/C16H30N2O/c17-13-16(11-7-4-8-12-16)18-15(19)14-9-5-2-1-3-6-10-14/h14H,1-13,17H2,(H,18,19). The van der Waals surface area contributed by atoms with Crippen molar-refractivity contribution >= 4 is 5.91 Å². The van der Waals surface area contributed by atoms with Crippen LogP contribution in [0.4, 0.5) is 0 Å². The first-order valence-electron chi connectivity index (χ1n) is 8.28. The molecule has 0 heterocycles. The third-order valence-corrected chi connectivity index (χ3v) is 5.07. The van der Waals surface area contributed by atoms with Crippen LogP contribution in [0.5, 0.6) is 0 Å². The second-order valence-electron chi connectivity index (χ2n) is 6.58. The average molecular weight is 266 g/mol. The minimum Gasteiger partial charge on any atom is -0.349 e. The van der Waals surface area contributed by atoms with Gasteiger partial charge in [0, 0.05) is 12.5 Å². The summed E-state index contributed by atoms with van der Waals surface area (Å²) in [5, 5.41) is 3.34. The molecule has 0 aromatic heterocycles. The molecule has 3 heteroatoms. The molecule has 3 nitrogen and oxygen atoms in total. The van der Waals surface area contributed by atoms with E-state index in [-0.39, 0.29) is 17.4 Å². The van der Waals surface area contributed by atoms with E-state index in [2.05, 4.69) is 5.32 Å². The highest BCUT2D eigenvalue weighted by Crippen LogP contribution is 2.29. The largest absolute Gasteiger partial charge is 0.349 e. The van der Waals surface area contributed by atoms with Crippen LogP contribution in [0, 0.1) is 5.92 Å². The van der Waals surface area contributed by atoms with Gasteiger partial charge in [0.05, 0.1) is 5.54 Å². The van der Waals surface area contributed by atoms with Crippen LogP contribution in [-0.4, -0.2) is 18.0 Å². The van der Waals surface area contributed by atoms with Crippen LogP contribution < -0.4 is 11.1 Å². The highest BCUT2D eigenvalue weighted by molar-refractivity contribution is 5.79. The van der Waals surface area contributed by atoms with E-state index in [1.54, 1.807) is 0 Å². The average Bonchev–Trinajstić information content (AvgIpc) is 2.39. The summed E-state index contributed by atoms with van der Waals surface area (Å²) in [7, 11) is 0. The Morgan fingerprint density at radius 3 is 2.05 bits per heavy atom. The van der Waals surface area contributed by atoms with Crippen LogP contribution in [-0.2, 0) is 4.79 Å². The van der Waals surface area contributed by atoms with E-state index in [1.165, 1.54) is 51.4 Å². The summed E-state index contributed by atoms with van der Waals surface area (Å²) < 4.78 is 0. The summed E-state index contributed by atoms with van der Waals surface area (Å²) in [5.41, 5.74) is 5.87. The molecule has 2 saturated carbocycles. The minimum absolute atomic E-state index is 0.0856. The molecule has 110 valence electrons. The molecule has 0 aliphatic heterocycles. The van der Waals surface area contributed by atoms with E-state index >= 15 is 0 Å². The Bertz CT molecular complexity index is 276. The summed E-state index contributed by atoms with van der Waals surface area (Å²) >= 11 is 0. The van der Waals surface area contributed by atoms with Gasteiger partial charge < -0.3 is 11.1 Å². The van der Waals surface area contributed by atoms with Crippen LogP contribution in [0.3, 0.4) is 0 Å². The third kappa shape index (κ3) is 4.20. The van der Waals surface area contributed by atoms with E-state index in [9.17, 15) is 4.79 Å². The van der Waals surface area contributed by atoms with E-state index in [4.69, 9.17) is 5.73 Å². The zero-order chi connectivity index (χ0) is 13.6. The minimum atomic E-state index is -0.0856. The molecular formula is C16H30N2O. The lowest BCUT2D eigenvalue weighted by Crippen LogP contribution is -2.56. The maximum atomic E-state index is 12.5. The molecule has 1 amide bonds. The Labute approximate surface area is 117 Å². The molecule has 0 aromatic rings. The van der Waals surface area contributed by atoms with Gasteiger partial charge in [-0.05, 0) is 25.7 Å². The molecule has 0 spiro atoms. The van der Waals surface area contributed by atoms with Crippen molar-refractivity contribution in [3.8, 4) is 0 Å². The molecule has 2 aliphatic carbocycles. The van der Waals surface area contributed by atoms with Crippen molar-refractivity contribution in [1.82, 2.24) is 5.32 Å². The number of rotatable bonds is 3. The molecule has 0 radical (unpaired) electrons. The molecule has 3 N–H and O–H groups in total. The predicted octanol–water partition coefficient (Wildman–Crippen LogP) is 3.12. The maximum absolute atomic E-state index is 12.5. The zero-order valence-electron chi connectivity index (χ0n) is 12.3. The highest BCUT2D eigenvalue weighted by Gasteiger charge is 2.34. The predicted molar refractivity (Wildman–Crippen MR) is 78.8 cm³/mol. The molecule has 0 saturated heterocycles. The Balaban J connectivity index is 1.90. The molecule has 2 fully saturated rings. The van der Waals surface area contributed by atoms with Crippen LogP contribution in [0.1, 0.15) is 77.0 Å². The summed E-state index contributed by atoms with van der Waals surface area (Å²) in [6.45, 7) is 0.603. The van der Waals surface area contributed by atoms with Gasteiger partial charge in [-0.1, -0.05) is 51.4 Å². The number of amides is 1. The van der Waals surface area contributed by atoms with Crippen LogP contribution in [0.2, 0.25) is 0 Å². The molecular weight excluding hydrogens is 236 g/mol. The summed E-state index contributed by atoms with van der Waals surface area (Å²) in [6.07, 6.45) is 14.4. The first-order valence-corrected chi connectivity index (χ1v) is 8.28. The lowest BCUT2D eigenvalue weighted by Gasteiger charge is -2.38. The normalized spacial score (nSPS) is 25.3. The molecule has 2 aliphatic rings. The Morgan fingerprint density at radius 1 is 0.947 bits per heavy atom. The monoisotopic (exact) mass is 266 g/mol.